The molecule has 0 saturated carbocycles. The van der Waals surface area contributed by atoms with Gasteiger partial charge in [0.05, 0.1) is 5.52 Å². The molecule has 0 unspecified atom stereocenters. The summed E-state index contributed by atoms with van der Waals surface area (Å²) in [6, 6.07) is 17.3. The quantitative estimate of drug-likeness (QED) is 0.612. The Morgan fingerprint density at radius 2 is 1.57 bits per heavy atom. The molecule has 4 rings (SSSR count). The highest BCUT2D eigenvalue weighted by Gasteiger charge is 2.19. The number of benzene rings is 1. The Morgan fingerprint density at radius 1 is 0.826 bits per heavy atom. The molecular formula is C21H20N2. The number of nitriles is 1. The maximum Gasteiger partial charge on any atom is 0.128 e. The van der Waals surface area contributed by atoms with Crippen LogP contribution in [-0.2, 0) is 12.8 Å². The molecule has 0 atom stereocenters. The summed E-state index contributed by atoms with van der Waals surface area (Å²) >= 11 is 0. The zero-order valence-corrected chi connectivity index (χ0v) is 13.3. The van der Waals surface area contributed by atoms with Crippen LogP contribution in [0.2, 0.25) is 0 Å². The molecule has 114 valence electrons. The van der Waals surface area contributed by atoms with E-state index in [1.165, 1.54) is 53.5 Å². The predicted octanol–water partition coefficient (Wildman–Crippen LogP) is 5.14. The average Bonchev–Trinajstić information content (AvgIpc) is 2.86. The van der Waals surface area contributed by atoms with Crippen molar-refractivity contribution in [3.63, 3.8) is 0 Å². The van der Waals surface area contributed by atoms with Crippen molar-refractivity contribution in [1.82, 2.24) is 4.40 Å². The minimum Gasteiger partial charge on any atom is -0.308 e. The van der Waals surface area contributed by atoms with Gasteiger partial charge in [-0.2, -0.15) is 5.26 Å². The van der Waals surface area contributed by atoms with Crippen molar-refractivity contribution >= 4 is 5.52 Å². The molecule has 0 N–H and O–H groups in total. The van der Waals surface area contributed by atoms with Crippen LogP contribution in [0.15, 0.2) is 48.7 Å². The van der Waals surface area contributed by atoms with Crippen molar-refractivity contribution in [3.05, 3.63) is 65.5 Å². The number of pyridine rings is 1. The van der Waals surface area contributed by atoms with E-state index in [0.717, 1.165) is 18.5 Å². The standard InChI is InChI=1S/C21H20N2/c22-15-21-19-11-7-2-1-6-10-18(19)20-14-17(12-13-23(20)21)16-8-4-3-5-9-16/h3-5,8-9,12-14H,1-2,6-7,10-11H2. The molecule has 23 heavy (non-hydrogen) atoms. The van der Waals surface area contributed by atoms with E-state index in [2.05, 4.69) is 53.1 Å². The zero-order chi connectivity index (χ0) is 15.6. The lowest BCUT2D eigenvalue weighted by molar-refractivity contribution is 0.620. The lowest BCUT2D eigenvalue weighted by Gasteiger charge is -2.10. The number of hydrogen-bond acceptors (Lipinski definition) is 1. The fourth-order valence-corrected chi connectivity index (χ4v) is 3.81. The maximum atomic E-state index is 9.66. The number of fused-ring (bicyclic) bond motifs is 3. The van der Waals surface area contributed by atoms with E-state index in [0.29, 0.717) is 0 Å². The third kappa shape index (κ3) is 2.43. The molecule has 0 fully saturated rings. The van der Waals surface area contributed by atoms with Gasteiger partial charge in [0.2, 0.25) is 0 Å². The smallest absolute Gasteiger partial charge is 0.128 e. The summed E-state index contributed by atoms with van der Waals surface area (Å²) in [6.07, 6.45) is 9.22. The SMILES string of the molecule is N#Cc1c2c(c3cc(-c4ccccc4)ccn13)CCCCCC2. The van der Waals surface area contributed by atoms with Gasteiger partial charge in [0.15, 0.2) is 0 Å². The first-order valence-corrected chi connectivity index (χ1v) is 8.50. The average molecular weight is 300 g/mol. The molecule has 0 saturated heterocycles. The van der Waals surface area contributed by atoms with Crippen LogP contribution < -0.4 is 0 Å². The zero-order valence-electron chi connectivity index (χ0n) is 13.3. The molecule has 1 aromatic carbocycles. The topological polar surface area (TPSA) is 28.2 Å². The van der Waals surface area contributed by atoms with Crippen molar-refractivity contribution < 1.29 is 0 Å². The highest BCUT2D eigenvalue weighted by Crippen LogP contribution is 2.31. The molecule has 2 aromatic heterocycles. The van der Waals surface area contributed by atoms with Gasteiger partial charge in [-0.3, -0.25) is 0 Å². The Hall–Kier alpha value is -2.53. The third-order valence-electron chi connectivity index (χ3n) is 4.97. The van der Waals surface area contributed by atoms with E-state index in [1.54, 1.807) is 0 Å². The first-order valence-electron chi connectivity index (χ1n) is 8.50. The second-order valence-electron chi connectivity index (χ2n) is 6.37. The van der Waals surface area contributed by atoms with Gasteiger partial charge in [-0.1, -0.05) is 43.2 Å². The van der Waals surface area contributed by atoms with Crippen LogP contribution in [0, 0.1) is 11.3 Å². The molecule has 2 nitrogen and oxygen atoms in total. The Morgan fingerprint density at radius 3 is 2.30 bits per heavy atom. The first kappa shape index (κ1) is 14.1. The van der Waals surface area contributed by atoms with Gasteiger partial charge in [0, 0.05) is 6.20 Å². The summed E-state index contributed by atoms with van der Waals surface area (Å²) in [6.45, 7) is 0. The van der Waals surface area contributed by atoms with E-state index in [1.807, 2.05) is 6.07 Å². The maximum absolute atomic E-state index is 9.66. The highest BCUT2D eigenvalue weighted by molar-refractivity contribution is 5.74. The van der Waals surface area contributed by atoms with Gasteiger partial charge in [0.1, 0.15) is 11.8 Å². The second kappa shape index (κ2) is 5.93. The lowest BCUT2D eigenvalue weighted by Crippen LogP contribution is -1.98. The molecule has 0 radical (unpaired) electrons. The summed E-state index contributed by atoms with van der Waals surface area (Å²) in [5, 5.41) is 9.66. The van der Waals surface area contributed by atoms with Gasteiger partial charge in [-0.15, -0.1) is 0 Å². The lowest BCUT2D eigenvalue weighted by atomic mass is 9.94. The molecule has 3 aromatic rings. The van der Waals surface area contributed by atoms with Crippen LogP contribution in [-0.4, -0.2) is 4.40 Å². The normalized spacial score (nSPS) is 14.7. The van der Waals surface area contributed by atoms with Crippen LogP contribution in [0.5, 0.6) is 0 Å². The van der Waals surface area contributed by atoms with Crippen LogP contribution in [0.25, 0.3) is 16.6 Å². The third-order valence-corrected chi connectivity index (χ3v) is 4.97. The molecule has 0 aliphatic heterocycles. The van der Waals surface area contributed by atoms with E-state index >= 15 is 0 Å². The summed E-state index contributed by atoms with van der Waals surface area (Å²) in [4.78, 5) is 0. The fourth-order valence-electron chi connectivity index (χ4n) is 3.81. The van der Waals surface area contributed by atoms with Crippen LogP contribution in [0.1, 0.15) is 42.5 Å². The number of aryl methyl sites for hydroxylation is 1. The Kier molecular flexibility index (Phi) is 3.63. The molecule has 0 spiro atoms. The van der Waals surface area contributed by atoms with Gasteiger partial charge in [-0.25, -0.2) is 0 Å². The number of nitrogens with zero attached hydrogens (tertiary/aromatic N) is 2. The van der Waals surface area contributed by atoms with Gasteiger partial charge in [-0.05, 0) is 60.1 Å². The van der Waals surface area contributed by atoms with E-state index in [9.17, 15) is 5.26 Å². The van der Waals surface area contributed by atoms with Crippen molar-refractivity contribution in [2.75, 3.05) is 0 Å². The van der Waals surface area contributed by atoms with Crippen molar-refractivity contribution in [2.24, 2.45) is 0 Å². The fraction of sp³-hybridized carbons (Fsp3) is 0.286. The molecule has 1 aliphatic rings. The molecule has 2 heteroatoms. The van der Waals surface area contributed by atoms with Crippen molar-refractivity contribution in [2.45, 2.75) is 38.5 Å². The Bertz CT molecular complexity index is 882. The Balaban J connectivity index is 1.94. The molecule has 2 heterocycles. The molecule has 0 amide bonds. The summed E-state index contributed by atoms with van der Waals surface area (Å²) in [5.74, 6) is 0. The minimum absolute atomic E-state index is 0.844. The first-order chi connectivity index (χ1) is 11.4. The van der Waals surface area contributed by atoms with Crippen molar-refractivity contribution in [1.29, 1.82) is 5.26 Å². The van der Waals surface area contributed by atoms with Crippen molar-refractivity contribution in [3.8, 4) is 17.2 Å². The van der Waals surface area contributed by atoms with Gasteiger partial charge >= 0.3 is 0 Å². The van der Waals surface area contributed by atoms with E-state index in [4.69, 9.17) is 0 Å². The van der Waals surface area contributed by atoms with Crippen LogP contribution in [0.4, 0.5) is 0 Å². The van der Waals surface area contributed by atoms with Gasteiger partial charge < -0.3 is 4.40 Å². The predicted molar refractivity (Wildman–Crippen MR) is 93.4 cm³/mol. The highest BCUT2D eigenvalue weighted by atomic mass is 14.9. The van der Waals surface area contributed by atoms with Crippen LogP contribution >= 0.6 is 0 Å². The molecular weight excluding hydrogens is 280 g/mol. The largest absolute Gasteiger partial charge is 0.308 e. The summed E-state index contributed by atoms with van der Waals surface area (Å²) in [5.41, 5.74) is 7.21. The summed E-state index contributed by atoms with van der Waals surface area (Å²) < 4.78 is 2.10. The summed E-state index contributed by atoms with van der Waals surface area (Å²) in [7, 11) is 0. The molecule has 1 aliphatic carbocycles. The monoisotopic (exact) mass is 300 g/mol. The minimum atomic E-state index is 0.844. The number of aromatic nitrogens is 1. The molecule has 0 bridgehead atoms. The van der Waals surface area contributed by atoms with E-state index < -0.39 is 0 Å². The second-order valence-corrected chi connectivity index (χ2v) is 6.37. The van der Waals surface area contributed by atoms with Crippen LogP contribution in [0.3, 0.4) is 0 Å². The number of rotatable bonds is 1. The van der Waals surface area contributed by atoms with E-state index in [-0.39, 0.29) is 0 Å². The van der Waals surface area contributed by atoms with Gasteiger partial charge in [0.25, 0.3) is 0 Å². The number of hydrogen-bond donors (Lipinski definition) is 0. The Labute approximate surface area is 137 Å².